The predicted molar refractivity (Wildman–Crippen MR) is 191 cm³/mol. The lowest BCUT2D eigenvalue weighted by Gasteiger charge is -2.20. The molecule has 0 bridgehead atoms. The van der Waals surface area contributed by atoms with Gasteiger partial charge in [0.1, 0.15) is 0 Å². The molecule has 216 valence electrons. The third kappa shape index (κ3) is 3.91. The van der Waals surface area contributed by atoms with Gasteiger partial charge in [0.2, 0.25) is 0 Å². The molecule has 0 atom stereocenters. The maximum Gasteiger partial charge on any atom is 0.0998 e. The van der Waals surface area contributed by atoms with Crippen molar-refractivity contribution in [2.45, 2.75) is 12.8 Å². The van der Waals surface area contributed by atoms with Crippen LogP contribution < -0.4 is 0 Å². The summed E-state index contributed by atoms with van der Waals surface area (Å²) in [6, 6.07) is 51.8. The highest BCUT2D eigenvalue weighted by Gasteiger charge is 2.23. The molecule has 0 radical (unpaired) electrons. The zero-order chi connectivity index (χ0) is 30.6. The normalized spacial score (nSPS) is 12.5. The smallest absolute Gasteiger partial charge is 0.0998 e. The average Bonchev–Trinajstić information content (AvgIpc) is 3.64. The Morgan fingerprint density at radius 3 is 1.96 bits per heavy atom. The van der Waals surface area contributed by atoms with Gasteiger partial charge < -0.3 is 9.13 Å². The van der Waals surface area contributed by atoms with Crippen LogP contribution in [0, 0.1) is 11.3 Å². The van der Waals surface area contributed by atoms with Gasteiger partial charge in [0.05, 0.1) is 33.9 Å². The first-order valence-corrected chi connectivity index (χ1v) is 15.8. The molecule has 0 saturated carbocycles. The SMILES string of the molecule is N#Cc1cccc(-c2cccc(-n3c4ccccc4c4ccccc43)c2)c1-c1ccccc1-n1c2c(c3ccccc31)C=CCC2. The Morgan fingerprint density at radius 1 is 0.565 bits per heavy atom. The number of nitrogens with zero attached hydrogens (tertiary/aromatic N) is 3. The number of para-hydroxylation sites is 4. The van der Waals surface area contributed by atoms with Crippen LogP contribution in [0.5, 0.6) is 0 Å². The molecule has 0 aliphatic heterocycles. The van der Waals surface area contributed by atoms with Crippen molar-refractivity contribution in [3.63, 3.8) is 0 Å². The second-order valence-corrected chi connectivity index (χ2v) is 11.9. The van der Waals surface area contributed by atoms with Crippen molar-refractivity contribution in [3.05, 3.63) is 162 Å². The van der Waals surface area contributed by atoms with E-state index >= 15 is 0 Å². The number of hydrogen-bond donors (Lipinski definition) is 0. The minimum atomic E-state index is 0.664. The maximum absolute atomic E-state index is 10.5. The van der Waals surface area contributed by atoms with E-state index in [0.29, 0.717) is 5.56 Å². The van der Waals surface area contributed by atoms with E-state index in [9.17, 15) is 5.26 Å². The summed E-state index contributed by atoms with van der Waals surface area (Å²) in [5.41, 5.74) is 13.1. The van der Waals surface area contributed by atoms with Crippen LogP contribution in [0.1, 0.15) is 23.2 Å². The van der Waals surface area contributed by atoms with Crippen molar-refractivity contribution >= 4 is 38.8 Å². The van der Waals surface area contributed by atoms with Gasteiger partial charge in [0.25, 0.3) is 0 Å². The van der Waals surface area contributed by atoms with Crippen molar-refractivity contribution in [1.29, 1.82) is 5.26 Å². The minimum Gasteiger partial charge on any atom is -0.312 e. The fraction of sp³-hybridized carbons (Fsp3) is 0.0465. The summed E-state index contributed by atoms with van der Waals surface area (Å²) in [5.74, 6) is 0. The lowest BCUT2D eigenvalue weighted by atomic mass is 9.89. The fourth-order valence-corrected chi connectivity index (χ4v) is 7.52. The number of hydrogen-bond acceptors (Lipinski definition) is 1. The quantitative estimate of drug-likeness (QED) is 0.202. The third-order valence-corrected chi connectivity index (χ3v) is 9.44. The van der Waals surface area contributed by atoms with E-state index in [2.05, 4.69) is 155 Å². The highest BCUT2D eigenvalue weighted by Crippen LogP contribution is 2.42. The molecule has 0 fully saturated rings. The molecule has 0 amide bonds. The minimum absolute atomic E-state index is 0.664. The Balaban J connectivity index is 1.29. The first-order valence-electron chi connectivity index (χ1n) is 15.8. The van der Waals surface area contributed by atoms with Gasteiger partial charge in [-0.3, -0.25) is 0 Å². The molecule has 0 saturated heterocycles. The van der Waals surface area contributed by atoms with E-state index in [1.807, 2.05) is 12.1 Å². The second kappa shape index (κ2) is 10.5. The van der Waals surface area contributed by atoms with Gasteiger partial charge in [-0.15, -0.1) is 0 Å². The lowest BCUT2D eigenvalue weighted by Crippen LogP contribution is -2.05. The van der Waals surface area contributed by atoms with Crippen molar-refractivity contribution in [1.82, 2.24) is 9.13 Å². The van der Waals surface area contributed by atoms with Crippen molar-refractivity contribution in [2.24, 2.45) is 0 Å². The van der Waals surface area contributed by atoms with E-state index in [0.717, 1.165) is 46.5 Å². The van der Waals surface area contributed by atoms with Gasteiger partial charge in [0, 0.05) is 44.2 Å². The van der Waals surface area contributed by atoms with Crippen molar-refractivity contribution < 1.29 is 0 Å². The van der Waals surface area contributed by atoms with Crippen LogP contribution in [0.3, 0.4) is 0 Å². The van der Waals surface area contributed by atoms with Gasteiger partial charge in [0.15, 0.2) is 0 Å². The van der Waals surface area contributed by atoms with Crippen LogP contribution in [0.2, 0.25) is 0 Å². The van der Waals surface area contributed by atoms with E-state index < -0.39 is 0 Å². The summed E-state index contributed by atoms with van der Waals surface area (Å²) >= 11 is 0. The first kappa shape index (κ1) is 26.3. The molecule has 3 nitrogen and oxygen atoms in total. The first-order chi connectivity index (χ1) is 22.8. The third-order valence-electron chi connectivity index (χ3n) is 9.44. The van der Waals surface area contributed by atoms with E-state index in [1.165, 1.54) is 44.0 Å². The van der Waals surface area contributed by atoms with Crippen LogP contribution >= 0.6 is 0 Å². The Labute approximate surface area is 267 Å². The summed E-state index contributed by atoms with van der Waals surface area (Å²) in [7, 11) is 0. The molecule has 9 rings (SSSR count). The molecule has 6 aromatic carbocycles. The standard InChI is InChI=1S/C43H29N3/c44-28-30-14-12-21-32(29-13-11-15-31(27-29)45-38-22-6-1-16-33(38)34-17-2-7-23-39(34)45)43(30)37-20-5-10-26-42(37)46-40-24-8-3-18-35(40)36-19-4-9-25-41(36)46/h1-8,10-24,26-27H,9,25H2. The summed E-state index contributed by atoms with van der Waals surface area (Å²) in [4.78, 5) is 0. The second-order valence-electron chi connectivity index (χ2n) is 11.9. The van der Waals surface area contributed by atoms with Gasteiger partial charge in [-0.2, -0.15) is 5.26 Å². The Bertz CT molecular complexity index is 2500. The van der Waals surface area contributed by atoms with Crippen LogP contribution in [0.25, 0.3) is 72.4 Å². The van der Waals surface area contributed by atoms with Gasteiger partial charge in [-0.25, -0.2) is 0 Å². The number of allylic oxidation sites excluding steroid dienone is 1. The topological polar surface area (TPSA) is 33.6 Å². The molecule has 3 heteroatoms. The van der Waals surface area contributed by atoms with Crippen LogP contribution in [0.4, 0.5) is 0 Å². The summed E-state index contributed by atoms with van der Waals surface area (Å²) < 4.78 is 4.78. The number of aromatic nitrogens is 2. The van der Waals surface area contributed by atoms with E-state index in [-0.39, 0.29) is 0 Å². The summed E-state index contributed by atoms with van der Waals surface area (Å²) in [5, 5.41) is 14.2. The van der Waals surface area contributed by atoms with Gasteiger partial charge in [-0.05, 0) is 66.4 Å². The number of fused-ring (bicyclic) bond motifs is 6. The molecule has 0 spiro atoms. The van der Waals surface area contributed by atoms with Crippen LogP contribution in [0.15, 0.2) is 146 Å². The van der Waals surface area contributed by atoms with Gasteiger partial charge in [-0.1, -0.05) is 109 Å². The zero-order valence-corrected chi connectivity index (χ0v) is 25.2. The van der Waals surface area contributed by atoms with Crippen molar-refractivity contribution in [2.75, 3.05) is 0 Å². The molecule has 2 aromatic heterocycles. The number of nitriles is 1. The summed E-state index contributed by atoms with van der Waals surface area (Å²) in [6.45, 7) is 0. The molecule has 1 aliphatic rings. The Hall–Kier alpha value is -6.11. The zero-order valence-electron chi connectivity index (χ0n) is 25.2. The molecular formula is C43H29N3. The predicted octanol–water partition coefficient (Wildman–Crippen LogP) is 10.9. The van der Waals surface area contributed by atoms with Crippen LogP contribution in [-0.4, -0.2) is 9.13 Å². The maximum atomic E-state index is 10.5. The Morgan fingerprint density at radius 2 is 1.20 bits per heavy atom. The fourth-order valence-electron chi connectivity index (χ4n) is 7.52. The largest absolute Gasteiger partial charge is 0.312 e. The van der Waals surface area contributed by atoms with Crippen LogP contribution in [-0.2, 0) is 6.42 Å². The molecule has 8 aromatic rings. The van der Waals surface area contributed by atoms with E-state index in [4.69, 9.17) is 0 Å². The summed E-state index contributed by atoms with van der Waals surface area (Å²) in [6.07, 6.45) is 6.54. The van der Waals surface area contributed by atoms with Crippen molar-refractivity contribution in [3.8, 4) is 39.7 Å². The van der Waals surface area contributed by atoms with Gasteiger partial charge >= 0.3 is 0 Å². The lowest BCUT2D eigenvalue weighted by molar-refractivity contribution is 0.889. The molecule has 2 heterocycles. The number of benzene rings is 6. The molecule has 46 heavy (non-hydrogen) atoms. The monoisotopic (exact) mass is 587 g/mol. The molecule has 0 N–H and O–H groups in total. The molecular weight excluding hydrogens is 558 g/mol. The average molecular weight is 588 g/mol. The highest BCUT2D eigenvalue weighted by atomic mass is 15.0. The Kier molecular flexibility index (Phi) is 6.01. The highest BCUT2D eigenvalue weighted by molar-refractivity contribution is 6.09. The number of rotatable bonds is 4. The molecule has 1 aliphatic carbocycles. The van der Waals surface area contributed by atoms with E-state index in [1.54, 1.807) is 0 Å². The molecule has 0 unspecified atom stereocenters.